The van der Waals surface area contributed by atoms with Crippen molar-refractivity contribution in [2.24, 2.45) is 0 Å². The molecule has 0 saturated heterocycles. The number of nitriles is 1. The zero-order valence-corrected chi connectivity index (χ0v) is 10.9. The predicted molar refractivity (Wildman–Crippen MR) is 73.2 cm³/mol. The lowest BCUT2D eigenvalue weighted by molar-refractivity contribution is 1.12. The second-order valence-corrected chi connectivity index (χ2v) is 4.38. The number of hydrogen-bond acceptors (Lipinski definition) is 3. The zero-order valence-electron chi connectivity index (χ0n) is 10.2. The monoisotopic (exact) mass is 257 g/mol. The van der Waals surface area contributed by atoms with Crippen LogP contribution in [0.4, 0.5) is 11.5 Å². The van der Waals surface area contributed by atoms with E-state index in [2.05, 4.69) is 11.1 Å². The molecule has 1 aromatic heterocycles. The Bertz CT molecular complexity index is 599. The number of aromatic nitrogens is 1. The standard InChI is InChI=1S/C14H12ClN3/c1-10-3-5-12(6-4-10)18(2)14-13(15)11(9-16)7-8-17-14/h3-8H,1-2H3. The molecular weight excluding hydrogens is 246 g/mol. The minimum atomic E-state index is 0.378. The van der Waals surface area contributed by atoms with Gasteiger partial charge >= 0.3 is 0 Å². The van der Waals surface area contributed by atoms with E-state index >= 15 is 0 Å². The van der Waals surface area contributed by atoms with Gasteiger partial charge in [-0.25, -0.2) is 4.98 Å². The number of anilines is 2. The Balaban J connectivity index is 2.43. The molecule has 1 heterocycles. The first kappa shape index (κ1) is 12.4. The molecule has 0 radical (unpaired) electrons. The SMILES string of the molecule is Cc1ccc(N(C)c2nccc(C#N)c2Cl)cc1. The summed E-state index contributed by atoms with van der Waals surface area (Å²) < 4.78 is 0. The fraction of sp³-hybridized carbons (Fsp3) is 0.143. The van der Waals surface area contributed by atoms with Crippen molar-refractivity contribution in [1.82, 2.24) is 4.98 Å². The summed E-state index contributed by atoms with van der Waals surface area (Å²) in [5.41, 5.74) is 2.60. The minimum absolute atomic E-state index is 0.378. The first-order valence-corrected chi connectivity index (χ1v) is 5.86. The maximum atomic E-state index is 8.95. The maximum Gasteiger partial charge on any atom is 0.152 e. The third-order valence-corrected chi connectivity index (χ3v) is 3.10. The first-order chi connectivity index (χ1) is 8.63. The van der Waals surface area contributed by atoms with Gasteiger partial charge in [-0.1, -0.05) is 29.3 Å². The lowest BCUT2D eigenvalue weighted by Crippen LogP contribution is -2.12. The van der Waals surface area contributed by atoms with Gasteiger partial charge in [0.2, 0.25) is 0 Å². The van der Waals surface area contributed by atoms with Gasteiger partial charge in [0.05, 0.1) is 5.56 Å². The molecule has 90 valence electrons. The number of hydrogen-bond donors (Lipinski definition) is 0. The van der Waals surface area contributed by atoms with Crippen molar-refractivity contribution in [3.05, 3.63) is 52.7 Å². The van der Waals surface area contributed by atoms with E-state index in [0.29, 0.717) is 16.4 Å². The lowest BCUT2D eigenvalue weighted by Gasteiger charge is -2.19. The Kier molecular flexibility index (Phi) is 3.50. The summed E-state index contributed by atoms with van der Waals surface area (Å²) in [6.07, 6.45) is 1.59. The van der Waals surface area contributed by atoms with Crippen molar-refractivity contribution < 1.29 is 0 Å². The van der Waals surface area contributed by atoms with Gasteiger partial charge in [0, 0.05) is 18.9 Å². The molecule has 0 atom stereocenters. The number of pyridine rings is 1. The van der Waals surface area contributed by atoms with Crippen molar-refractivity contribution in [1.29, 1.82) is 5.26 Å². The normalized spacial score (nSPS) is 9.89. The molecule has 0 aliphatic carbocycles. The van der Waals surface area contributed by atoms with E-state index in [-0.39, 0.29) is 0 Å². The zero-order chi connectivity index (χ0) is 13.1. The number of benzene rings is 1. The molecule has 0 N–H and O–H groups in total. The fourth-order valence-corrected chi connectivity index (χ4v) is 1.92. The Labute approximate surface area is 111 Å². The third kappa shape index (κ3) is 2.29. The third-order valence-electron chi connectivity index (χ3n) is 2.73. The van der Waals surface area contributed by atoms with E-state index < -0.39 is 0 Å². The van der Waals surface area contributed by atoms with Crippen LogP contribution in [0.25, 0.3) is 0 Å². The number of halogens is 1. The summed E-state index contributed by atoms with van der Waals surface area (Å²) >= 11 is 6.16. The van der Waals surface area contributed by atoms with Crippen molar-refractivity contribution in [2.75, 3.05) is 11.9 Å². The topological polar surface area (TPSA) is 39.9 Å². The maximum absolute atomic E-state index is 8.95. The molecule has 0 fully saturated rings. The van der Waals surface area contributed by atoms with Crippen LogP contribution in [0.3, 0.4) is 0 Å². The fourth-order valence-electron chi connectivity index (χ4n) is 1.64. The summed E-state index contributed by atoms with van der Waals surface area (Å²) in [7, 11) is 1.88. The number of aryl methyl sites for hydroxylation is 1. The van der Waals surface area contributed by atoms with Crippen molar-refractivity contribution in [3.63, 3.8) is 0 Å². The number of nitrogens with zero attached hydrogens (tertiary/aromatic N) is 3. The van der Waals surface area contributed by atoms with E-state index in [1.807, 2.05) is 43.1 Å². The molecule has 18 heavy (non-hydrogen) atoms. The van der Waals surface area contributed by atoms with Crippen LogP contribution < -0.4 is 4.90 Å². The molecule has 4 heteroatoms. The quantitative estimate of drug-likeness (QED) is 0.824. The van der Waals surface area contributed by atoms with Gasteiger partial charge in [-0.15, -0.1) is 0 Å². The van der Waals surface area contributed by atoms with Gasteiger partial charge in [0.15, 0.2) is 5.82 Å². The Morgan fingerprint density at radius 2 is 1.89 bits per heavy atom. The molecule has 1 aromatic carbocycles. The molecule has 0 aliphatic heterocycles. The van der Waals surface area contributed by atoms with Crippen LogP contribution in [-0.4, -0.2) is 12.0 Å². The smallest absolute Gasteiger partial charge is 0.152 e. The van der Waals surface area contributed by atoms with Crippen LogP contribution in [0.15, 0.2) is 36.5 Å². The molecular formula is C14H12ClN3. The van der Waals surface area contributed by atoms with Gasteiger partial charge < -0.3 is 4.90 Å². The Morgan fingerprint density at radius 1 is 1.22 bits per heavy atom. The summed E-state index contributed by atoms with van der Waals surface area (Å²) in [5.74, 6) is 0.583. The molecule has 2 rings (SSSR count). The van der Waals surface area contributed by atoms with Crippen LogP contribution in [-0.2, 0) is 0 Å². The predicted octanol–water partition coefficient (Wildman–Crippen LogP) is 3.68. The highest BCUT2D eigenvalue weighted by molar-refractivity contribution is 6.34. The summed E-state index contributed by atoms with van der Waals surface area (Å²) in [6.45, 7) is 2.03. The largest absolute Gasteiger partial charge is 0.328 e. The summed E-state index contributed by atoms with van der Waals surface area (Å²) in [5, 5.41) is 9.33. The first-order valence-electron chi connectivity index (χ1n) is 5.48. The summed E-state index contributed by atoms with van der Waals surface area (Å²) in [6, 6.07) is 11.7. The van der Waals surface area contributed by atoms with E-state index in [9.17, 15) is 0 Å². The van der Waals surface area contributed by atoms with Gasteiger partial charge in [0.1, 0.15) is 11.1 Å². The second kappa shape index (κ2) is 5.07. The molecule has 0 spiro atoms. The highest BCUT2D eigenvalue weighted by Gasteiger charge is 2.12. The molecule has 0 unspecified atom stereocenters. The lowest BCUT2D eigenvalue weighted by atomic mass is 10.2. The Morgan fingerprint density at radius 3 is 2.50 bits per heavy atom. The Hall–Kier alpha value is -2.05. The van der Waals surface area contributed by atoms with Crippen LogP contribution in [0.2, 0.25) is 5.02 Å². The van der Waals surface area contributed by atoms with Gasteiger partial charge in [-0.3, -0.25) is 0 Å². The molecule has 0 aliphatic rings. The minimum Gasteiger partial charge on any atom is -0.328 e. The van der Waals surface area contributed by atoms with Gasteiger partial charge in [-0.05, 0) is 25.1 Å². The molecule has 3 nitrogen and oxygen atoms in total. The van der Waals surface area contributed by atoms with Crippen LogP contribution >= 0.6 is 11.6 Å². The van der Waals surface area contributed by atoms with Crippen LogP contribution in [0, 0.1) is 18.3 Å². The van der Waals surface area contributed by atoms with E-state index in [0.717, 1.165) is 5.69 Å². The van der Waals surface area contributed by atoms with Gasteiger partial charge in [-0.2, -0.15) is 5.26 Å². The average molecular weight is 258 g/mol. The molecule has 2 aromatic rings. The van der Waals surface area contributed by atoms with E-state index in [4.69, 9.17) is 16.9 Å². The van der Waals surface area contributed by atoms with Crippen LogP contribution in [0.5, 0.6) is 0 Å². The number of rotatable bonds is 2. The summed E-state index contributed by atoms with van der Waals surface area (Å²) in [4.78, 5) is 6.09. The van der Waals surface area contributed by atoms with Crippen molar-refractivity contribution in [2.45, 2.75) is 6.92 Å². The van der Waals surface area contributed by atoms with E-state index in [1.165, 1.54) is 5.56 Å². The molecule has 0 bridgehead atoms. The average Bonchev–Trinajstić information content (AvgIpc) is 2.39. The second-order valence-electron chi connectivity index (χ2n) is 4.00. The molecule has 0 amide bonds. The highest BCUT2D eigenvalue weighted by atomic mass is 35.5. The van der Waals surface area contributed by atoms with Crippen molar-refractivity contribution >= 4 is 23.1 Å². The highest BCUT2D eigenvalue weighted by Crippen LogP contribution is 2.30. The molecule has 0 saturated carbocycles. The van der Waals surface area contributed by atoms with Crippen molar-refractivity contribution in [3.8, 4) is 6.07 Å². The van der Waals surface area contributed by atoms with Crippen LogP contribution in [0.1, 0.15) is 11.1 Å². The van der Waals surface area contributed by atoms with Gasteiger partial charge in [0.25, 0.3) is 0 Å². The van der Waals surface area contributed by atoms with E-state index in [1.54, 1.807) is 12.3 Å².